The van der Waals surface area contributed by atoms with Crippen LogP contribution in [0.1, 0.15) is 22.5 Å². The Morgan fingerprint density at radius 3 is 2.62 bits per heavy atom. The van der Waals surface area contributed by atoms with Gasteiger partial charge >= 0.3 is 0 Å². The molecule has 4 rings (SSSR count). The van der Waals surface area contributed by atoms with E-state index in [0.29, 0.717) is 17.9 Å². The Balaban J connectivity index is 1.69. The number of aromatic nitrogens is 4. The molecule has 0 aliphatic rings. The van der Waals surface area contributed by atoms with Crippen molar-refractivity contribution in [3.8, 4) is 0 Å². The molecule has 1 N–H and O–H groups in total. The summed E-state index contributed by atoms with van der Waals surface area (Å²) in [4.78, 5) is 31.5. The summed E-state index contributed by atoms with van der Waals surface area (Å²) >= 11 is 0. The molecule has 0 saturated carbocycles. The highest BCUT2D eigenvalue weighted by Gasteiger charge is 2.14. The maximum atomic E-state index is 12.8. The van der Waals surface area contributed by atoms with E-state index in [0.717, 1.165) is 27.9 Å². The summed E-state index contributed by atoms with van der Waals surface area (Å²) in [5.41, 5.74) is 4.54. The molecule has 146 valence electrons. The van der Waals surface area contributed by atoms with Gasteiger partial charge in [0, 0.05) is 24.5 Å². The first kappa shape index (κ1) is 18.6. The molecule has 7 heteroatoms. The van der Waals surface area contributed by atoms with Crippen molar-refractivity contribution in [3.05, 3.63) is 93.9 Å². The molecule has 0 bridgehead atoms. The number of hydrogen-bond donors (Lipinski definition) is 1. The van der Waals surface area contributed by atoms with Crippen molar-refractivity contribution >= 4 is 16.7 Å². The van der Waals surface area contributed by atoms with E-state index < -0.39 is 0 Å². The van der Waals surface area contributed by atoms with E-state index in [9.17, 15) is 4.79 Å². The summed E-state index contributed by atoms with van der Waals surface area (Å²) in [5, 5.41) is 4.09. The summed E-state index contributed by atoms with van der Waals surface area (Å²) in [6.45, 7) is 4.65. The van der Waals surface area contributed by atoms with Crippen LogP contribution in [0.3, 0.4) is 0 Å². The van der Waals surface area contributed by atoms with Crippen LogP contribution in [0.25, 0.3) is 11.0 Å². The van der Waals surface area contributed by atoms with Crippen LogP contribution in [0.4, 0.5) is 5.69 Å². The van der Waals surface area contributed by atoms with Crippen molar-refractivity contribution in [1.82, 2.24) is 19.7 Å². The van der Waals surface area contributed by atoms with Crippen molar-refractivity contribution in [1.29, 1.82) is 0 Å². The summed E-state index contributed by atoms with van der Waals surface area (Å²) in [5.74, 6) is 0. The first-order chi connectivity index (χ1) is 14.1. The first-order valence-corrected chi connectivity index (χ1v) is 9.32. The van der Waals surface area contributed by atoms with Gasteiger partial charge in [-0.3, -0.25) is 9.78 Å². The van der Waals surface area contributed by atoms with Crippen molar-refractivity contribution < 1.29 is 4.84 Å². The Hall–Kier alpha value is -3.74. The lowest BCUT2D eigenvalue weighted by molar-refractivity contribution is 0.0979. The molecule has 0 saturated heterocycles. The third-order valence-corrected chi connectivity index (χ3v) is 4.74. The molecule has 0 spiro atoms. The fraction of sp³-hybridized carbons (Fsp3) is 0.182. The number of benzene rings is 1. The van der Waals surface area contributed by atoms with Gasteiger partial charge in [-0.1, -0.05) is 36.4 Å². The monoisotopic (exact) mass is 387 g/mol. The van der Waals surface area contributed by atoms with Gasteiger partial charge in [-0.05, 0) is 31.0 Å². The number of pyridine rings is 2. The lowest BCUT2D eigenvalue weighted by atomic mass is 10.2. The van der Waals surface area contributed by atoms with Gasteiger partial charge in [-0.2, -0.15) is 0 Å². The van der Waals surface area contributed by atoms with E-state index in [2.05, 4.69) is 20.3 Å². The number of hydrogen-bond acceptors (Lipinski definition) is 6. The molecule has 7 nitrogen and oxygen atoms in total. The minimum atomic E-state index is -0.295. The quantitative estimate of drug-likeness (QED) is 0.548. The van der Waals surface area contributed by atoms with Crippen LogP contribution in [0.2, 0.25) is 0 Å². The van der Waals surface area contributed by atoms with Crippen molar-refractivity contribution in [3.63, 3.8) is 0 Å². The number of nitrogens with zero attached hydrogens (tertiary/aromatic N) is 4. The van der Waals surface area contributed by atoms with Gasteiger partial charge in [0.05, 0.1) is 16.8 Å². The van der Waals surface area contributed by atoms with Gasteiger partial charge in [0.15, 0.2) is 5.65 Å². The van der Waals surface area contributed by atoms with Crippen LogP contribution in [0.15, 0.2) is 65.8 Å². The van der Waals surface area contributed by atoms with Gasteiger partial charge in [0.2, 0.25) is 0 Å². The standard InChI is InChI=1S/C22H21N5O2/c1-15-18(9-6-10-23-15)12-24-19-11-20(28)27(22-21(19)16(2)25-14-26-22)29-13-17-7-4-3-5-8-17/h3-11,14,24H,12-13H2,1-2H3. The highest BCUT2D eigenvalue weighted by atomic mass is 16.7. The number of rotatable bonds is 6. The van der Waals surface area contributed by atoms with Gasteiger partial charge in [0.25, 0.3) is 5.56 Å². The van der Waals surface area contributed by atoms with Crippen LogP contribution in [0, 0.1) is 13.8 Å². The fourth-order valence-corrected chi connectivity index (χ4v) is 3.16. The average molecular weight is 387 g/mol. The molecule has 0 unspecified atom stereocenters. The molecule has 4 aromatic rings. The molecule has 0 atom stereocenters. The predicted octanol–water partition coefficient (Wildman–Crippen LogP) is 3.04. The minimum Gasteiger partial charge on any atom is -0.404 e. The topological polar surface area (TPSA) is 81.9 Å². The van der Waals surface area contributed by atoms with Crippen LogP contribution in [-0.2, 0) is 13.2 Å². The van der Waals surface area contributed by atoms with E-state index in [1.807, 2.05) is 56.3 Å². The Labute approximate surface area is 168 Å². The molecule has 0 amide bonds. The molecule has 3 heterocycles. The molecule has 3 aromatic heterocycles. The summed E-state index contributed by atoms with van der Waals surface area (Å²) in [6.07, 6.45) is 3.20. The number of nitrogens with one attached hydrogen (secondary N) is 1. The summed E-state index contributed by atoms with van der Waals surface area (Å²) in [7, 11) is 0. The Morgan fingerprint density at radius 1 is 1.00 bits per heavy atom. The second-order valence-corrected chi connectivity index (χ2v) is 6.71. The van der Waals surface area contributed by atoms with Crippen molar-refractivity contribution in [2.24, 2.45) is 0 Å². The van der Waals surface area contributed by atoms with Gasteiger partial charge < -0.3 is 10.2 Å². The third kappa shape index (κ3) is 3.94. The average Bonchev–Trinajstić information content (AvgIpc) is 2.73. The molecular formula is C22H21N5O2. The zero-order chi connectivity index (χ0) is 20.2. The van der Waals surface area contributed by atoms with Crippen molar-refractivity contribution in [2.75, 3.05) is 5.32 Å². The van der Waals surface area contributed by atoms with Crippen LogP contribution < -0.4 is 15.7 Å². The zero-order valence-electron chi connectivity index (χ0n) is 16.3. The molecule has 0 fully saturated rings. The normalized spacial score (nSPS) is 10.8. The Morgan fingerprint density at radius 2 is 1.83 bits per heavy atom. The highest BCUT2D eigenvalue weighted by Crippen LogP contribution is 2.23. The second-order valence-electron chi connectivity index (χ2n) is 6.71. The van der Waals surface area contributed by atoms with Crippen LogP contribution in [0.5, 0.6) is 0 Å². The van der Waals surface area contributed by atoms with Gasteiger partial charge in [0.1, 0.15) is 12.9 Å². The first-order valence-electron chi connectivity index (χ1n) is 9.32. The molecule has 0 aliphatic carbocycles. The lowest BCUT2D eigenvalue weighted by Crippen LogP contribution is -2.28. The van der Waals surface area contributed by atoms with Gasteiger partial charge in [-0.15, -0.1) is 4.73 Å². The maximum Gasteiger partial charge on any atom is 0.287 e. The zero-order valence-corrected chi connectivity index (χ0v) is 16.3. The Kier molecular flexibility index (Phi) is 5.20. The molecule has 0 aliphatic heterocycles. The predicted molar refractivity (Wildman–Crippen MR) is 112 cm³/mol. The summed E-state index contributed by atoms with van der Waals surface area (Å²) < 4.78 is 1.23. The van der Waals surface area contributed by atoms with Crippen LogP contribution in [-0.4, -0.2) is 19.7 Å². The second kappa shape index (κ2) is 8.10. The van der Waals surface area contributed by atoms with E-state index in [-0.39, 0.29) is 12.2 Å². The van der Waals surface area contributed by atoms with E-state index in [4.69, 9.17) is 4.84 Å². The largest absolute Gasteiger partial charge is 0.404 e. The molecular weight excluding hydrogens is 366 g/mol. The smallest absolute Gasteiger partial charge is 0.287 e. The van der Waals surface area contributed by atoms with E-state index >= 15 is 0 Å². The van der Waals surface area contributed by atoms with E-state index in [1.54, 1.807) is 6.20 Å². The summed E-state index contributed by atoms with van der Waals surface area (Å²) in [6, 6.07) is 15.1. The molecule has 29 heavy (non-hydrogen) atoms. The number of aryl methyl sites for hydroxylation is 2. The Bertz CT molecular complexity index is 1200. The number of anilines is 1. The van der Waals surface area contributed by atoms with Gasteiger partial charge in [-0.25, -0.2) is 9.97 Å². The molecule has 0 radical (unpaired) electrons. The fourth-order valence-electron chi connectivity index (χ4n) is 3.16. The lowest BCUT2D eigenvalue weighted by Gasteiger charge is -2.16. The maximum absolute atomic E-state index is 12.8. The SMILES string of the molecule is Cc1ncccc1CNc1cc(=O)n(OCc2ccccc2)c2ncnc(C)c12. The van der Waals surface area contributed by atoms with Crippen LogP contribution >= 0.6 is 0 Å². The minimum absolute atomic E-state index is 0.264. The molecule has 1 aromatic carbocycles. The third-order valence-electron chi connectivity index (χ3n) is 4.74. The van der Waals surface area contributed by atoms with E-state index in [1.165, 1.54) is 17.1 Å². The van der Waals surface area contributed by atoms with Crippen molar-refractivity contribution in [2.45, 2.75) is 27.0 Å². The highest BCUT2D eigenvalue weighted by molar-refractivity contribution is 5.90. The number of fused-ring (bicyclic) bond motifs is 1.